The van der Waals surface area contributed by atoms with Crippen LogP contribution in [0.2, 0.25) is 0 Å². The molecule has 1 spiro atoms. The Hall–Kier alpha value is -1.85. The monoisotopic (exact) mass is 396 g/mol. The topological polar surface area (TPSA) is 45.9 Å². The number of carbonyl (C=O) groups excluding carboxylic acids is 1. The van der Waals surface area contributed by atoms with E-state index in [1.807, 2.05) is 36.2 Å². The first-order valence-corrected chi connectivity index (χ1v) is 11.3. The van der Waals surface area contributed by atoms with E-state index in [1.165, 1.54) is 38.8 Å². The second-order valence-electron chi connectivity index (χ2n) is 9.22. The van der Waals surface area contributed by atoms with Crippen LogP contribution in [0, 0.1) is 0 Å². The van der Waals surface area contributed by atoms with Crippen LogP contribution in [-0.2, 0) is 16.0 Å². The molecule has 3 aliphatic rings. The van der Waals surface area contributed by atoms with Gasteiger partial charge in [0.1, 0.15) is 11.8 Å². The number of benzene rings is 1. The van der Waals surface area contributed by atoms with Crippen LogP contribution in [0.15, 0.2) is 34.9 Å². The molecule has 1 unspecified atom stereocenters. The Morgan fingerprint density at radius 1 is 1.17 bits per heavy atom. The molecule has 3 atom stereocenters. The molecule has 156 valence electrons. The first-order chi connectivity index (χ1) is 14.1. The molecule has 3 heterocycles. The third-order valence-electron chi connectivity index (χ3n) is 7.42. The average Bonchev–Trinajstić information content (AvgIpc) is 3.49. The van der Waals surface area contributed by atoms with E-state index in [-0.39, 0.29) is 17.7 Å². The van der Waals surface area contributed by atoms with Gasteiger partial charge in [-0.1, -0.05) is 12.1 Å². The fourth-order valence-corrected chi connectivity index (χ4v) is 5.77. The van der Waals surface area contributed by atoms with Gasteiger partial charge in [-0.3, -0.25) is 4.79 Å². The lowest BCUT2D eigenvalue weighted by atomic mass is 9.79. The molecule has 0 bridgehead atoms. The molecule has 5 heteroatoms. The summed E-state index contributed by atoms with van der Waals surface area (Å²) in [5.41, 5.74) is 1.84. The van der Waals surface area contributed by atoms with Gasteiger partial charge in [0.25, 0.3) is 0 Å². The highest BCUT2D eigenvalue weighted by atomic mass is 16.5. The summed E-state index contributed by atoms with van der Waals surface area (Å²) >= 11 is 0. The van der Waals surface area contributed by atoms with Crippen LogP contribution in [0.5, 0.6) is 0 Å². The lowest BCUT2D eigenvalue weighted by Gasteiger charge is -2.42. The highest BCUT2D eigenvalue weighted by molar-refractivity contribution is 5.87. The Labute approximate surface area is 173 Å². The molecular formula is C24H32N2O3. The number of ether oxygens (including phenoxy) is 1. The highest BCUT2D eigenvalue weighted by Crippen LogP contribution is 2.44. The quantitative estimate of drug-likeness (QED) is 0.771. The third-order valence-corrected chi connectivity index (χ3v) is 7.42. The summed E-state index contributed by atoms with van der Waals surface area (Å²) in [5, 5.41) is 1.03. The minimum atomic E-state index is -0.0941. The van der Waals surface area contributed by atoms with Crippen LogP contribution in [0.3, 0.4) is 0 Å². The molecule has 1 saturated carbocycles. The van der Waals surface area contributed by atoms with Crippen molar-refractivity contribution in [3.63, 3.8) is 0 Å². The predicted molar refractivity (Wildman–Crippen MR) is 113 cm³/mol. The Morgan fingerprint density at radius 3 is 2.90 bits per heavy atom. The highest BCUT2D eigenvalue weighted by Gasteiger charge is 2.46. The first-order valence-electron chi connectivity index (χ1n) is 11.3. The molecule has 0 N–H and O–H groups in total. The fourth-order valence-electron chi connectivity index (χ4n) is 5.77. The smallest absolute Gasteiger partial charge is 0.228 e. The Kier molecular flexibility index (Phi) is 5.12. The molecule has 1 amide bonds. The van der Waals surface area contributed by atoms with Crippen LogP contribution < -0.4 is 0 Å². The van der Waals surface area contributed by atoms with Gasteiger partial charge in [-0.25, -0.2) is 0 Å². The molecule has 2 saturated heterocycles. The van der Waals surface area contributed by atoms with Crippen molar-refractivity contribution in [3.8, 4) is 0 Å². The van der Waals surface area contributed by atoms with E-state index in [9.17, 15) is 4.79 Å². The summed E-state index contributed by atoms with van der Waals surface area (Å²) < 4.78 is 12.1. The van der Waals surface area contributed by atoms with Gasteiger partial charge in [0.15, 0.2) is 0 Å². The van der Waals surface area contributed by atoms with Crippen molar-refractivity contribution in [1.29, 1.82) is 0 Å². The van der Waals surface area contributed by atoms with Gasteiger partial charge in [0.2, 0.25) is 5.91 Å². The second-order valence-corrected chi connectivity index (χ2v) is 9.22. The van der Waals surface area contributed by atoms with Crippen LogP contribution in [0.1, 0.15) is 56.9 Å². The molecule has 29 heavy (non-hydrogen) atoms. The lowest BCUT2D eigenvalue weighted by Crippen LogP contribution is -2.46. The van der Waals surface area contributed by atoms with Crippen molar-refractivity contribution in [2.75, 3.05) is 20.1 Å². The number of hydrogen-bond donors (Lipinski definition) is 0. The van der Waals surface area contributed by atoms with Crippen molar-refractivity contribution in [2.45, 2.75) is 75.7 Å². The normalized spacial score (nSPS) is 30.4. The molecule has 2 aliphatic heterocycles. The SMILES string of the molecule is CN(C(=O)Cc1cccc2occc12)C1CC[C@]2(CCC[C@@H](N3CCCC3)C2)O1. The minimum Gasteiger partial charge on any atom is -0.464 e. The number of furan rings is 1. The van der Waals surface area contributed by atoms with Crippen molar-refractivity contribution in [1.82, 2.24) is 9.80 Å². The summed E-state index contributed by atoms with van der Waals surface area (Å²) in [6, 6.07) is 8.53. The standard InChI is InChI=1S/C24H32N2O3/c1-25(22(27)16-18-6-4-8-21-20(18)10-15-28-21)23-9-12-24(29-23)11-5-7-19(17-24)26-13-2-3-14-26/h4,6,8,10,15,19,23H,2-3,5,7,9,11-14,16-17H2,1H3/t19-,23?,24+/m1/s1. The number of fused-ring (bicyclic) bond motifs is 1. The maximum atomic E-state index is 13.0. The van der Waals surface area contributed by atoms with Crippen LogP contribution in [0.25, 0.3) is 11.0 Å². The van der Waals surface area contributed by atoms with Crippen molar-refractivity contribution >= 4 is 16.9 Å². The Bertz CT molecular complexity index is 872. The molecule has 1 aromatic heterocycles. The van der Waals surface area contributed by atoms with Crippen molar-refractivity contribution in [3.05, 3.63) is 36.1 Å². The van der Waals surface area contributed by atoms with Crippen LogP contribution in [0.4, 0.5) is 0 Å². The number of carbonyl (C=O) groups is 1. The summed E-state index contributed by atoms with van der Waals surface area (Å²) in [7, 11) is 1.91. The van der Waals surface area contributed by atoms with Gasteiger partial charge in [-0.05, 0) is 82.2 Å². The van der Waals surface area contributed by atoms with E-state index in [4.69, 9.17) is 9.15 Å². The van der Waals surface area contributed by atoms with Gasteiger partial charge in [0, 0.05) is 18.5 Å². The van der Waals surface area contributed by atoms with E-state index in [0.29, 0.717) is 12.5 Å². The molecule has 1 aliphatic carbocycles. The van der Waals surface area contributed by atoms with Gasteiger partial charge < -0.3 is 19.0 Å². The zero-order valence-electron chi connectivity index (χ0n) is 17.4. The summed E-state index contributed by atoms with van der Waals surface area (Å²) in [6.45, 7) is 2.50. The Balaban J connectivity index is 1.23. The Morgan fingerprint density at radius 2 is 2.03 bits per heavy atom. The second kappa shape index (κ2) is 7.77. The number of likely N-dealkylation sites (N-methyl/N-ethyl adjacent to an activating group) is 1. The maximum absolute atomic E-state index is 13.0. The number of rotatable bonds is 4. The molecule has 5 nitrogen and oxygen atoms in total. The number of hydrogen-bond acceptors (Lipinski definition) is 4. The van der Waals surface area contributed by atoms with Gasteiger partial charge in [0.05, 0.1) is 18.3 Å². The molecule has 1 aromatic carbocycles. The van der Waals surface area contributed by atoms with Gasteiger partial charge in [-0.15, -0.1) is 0 Å². The van der Waals surface area contributed by atoms with E-state index in [1.54, 1.807) is 6.26 Å². The number of amides is 1. The lowest BCUT2D eigenvalue weighted by molar-refractivity contribution is -0.154. The molecule has 5 rings (SSSR count). The molecule has 3 fully saturated rings. The third kappa shape index (κ3) is 3.71. The van der Waals surface area contributed by atoms with Crippen LogP contribution in [-0.4, -0.2) is 53.7 Å². The maximum Gasteiger partial charge on any atom is 0.228 e. The van der Waals surface area contributed by atoms with E-state index < -0.39 is 0 Å². The predicted octanol–water partition coefficient (Wildman–Crippen LogP) is 4.35. The van der Waals surface area contributed by atoms with E-state index in [0.717, 1.165) is 42.2 Å². The largest absolute Gasteiger partial charge is 0.464 e. The minimum absolute atomic E-state index is 0.0186. The summed E-state index contributed by atoms with van der Waals surface area (Å²) in [6.07, 6.45) is 11.5. The molecule has 2 aromatic rings. The zero-order valence-corrected chi connectivity index (χ0v) is 17.4. The summed E-state index contributed by atoms with van der Waals surface area (Å²) in [5.74, 6) is 0.118. The fraction of sp³-hybridized carbons (Fsp3) is 0.625. The summed E-state index contributed by atoms with van der Waals surface area (Å²) in [4.78, 5) is 17.5. The molecule has 0 radical (unpaired) electrons. The zero-order chi connectivity index (χ0) is 19.8. The van der Waals surface area contributed by atoms with Crippen molar-refractivity contribution in [2.24, 2.45) is 0 Å². The average molecular weight is 397 g/mol. The first kappa shape index (κ1) is 19.1. The van der Waals surface area contributed by atoms with Gasteiger partial charge in [-0.2, -0.15) is 0 Å². The number of nitrogens with zero attached hydrogens (tertiary/aromatic N) is 2. The van der Waals surface area contributed by atoms with E-state index >= 15 is 0 Å². The number of likely N-dealkylation sites (tertiary alicyclic amines) is 1. The van der Waals surface area contributed by atoms with Crippen LogP contribution >= 0.6 is 0 Å². The molecular weight excluding hydrogens is 364 g/mol. The van der Waals surface area contributed by atoms with Gasteiger partial charge >= 0.3 is 0 Å². The van der Waals surface area contributed by atoms with E-state index in [2.05, 4.69) is 4.90 Å². The van der Waals surface area contributed by atoms with Crippen molar-refractivity contribution < 1.29 is 13.9 Å².